The first kappa shape index (κ1) is 42.9. The van der Waals surface area contributed by atoms with E-state index < -0.39 is 41.5 Å². The van der Waals surface area contributed by atoms with Crippen LogP contribution in [0.1, 0.15) is 70.6 Å². The van der Waals surface area contributed by atoms with Gasteiger partial charge in [0, 0.05) is 49.4 Å². The molecule has 0 bridgehead atoms. The van der Waals surface area contributed by atoms with Crippen molar-refractivity contribution in [1.82, 2.24) is 30.3 Å². The van der Waals surface area contributed by atoms with Crippen LogP contribution >= 0.6 is 15.9 Å². The lowest BCUT2D eigenvalue weighted by Crippen LogP contribution is -2.71. The van der Waals surface area contributed by atoms with Crippen LogP contribution in [0.3, 0.4) is 0 Å². The lowest BCUT2D eigenvalue weighted by atomic mass is 9.79. The molecule has 4 amide bonds. The van der Waals surface area contributed by atoms with Gasteiger partial charge in [-0.25, -0.2) is 0 Å². The number of halogens is 1. The molecule has 61 heavy (non-hydrogen) atoms. The zero-order chi connectivity index (χ0) is 43.5. The SMILES string of the molecule is CC(C)C[C@H]1C(=O)N2CCC[C@H]2[C@]2(O)O[C@](NC(=O)[C@@H]3C=C4c5cccc6[nH]c(Br)c(c56)C[C@H]4N(C)C3)(C(C)C)C(=O)N12.COc1ccc2cccc(CCNC(C)=O)c2c1. The molecule has 3 fully saturated rings. The number of piperazine rings is 1. The van der Waals surface area contributed by atoms with Crippen LogP contribution in [0.4, 0.5) is 0 Å². The van der Waals surface area contributed by atoms with Crippen molar-refractivity contribution in [1.29, 1.82) is 0 Å². The Morgan fingerprint density at radius 1 is 1.10 bits per heavy atom. The highest BCUT2D eigenvalue weighted by Crippen LogP contribution is 2.49. The van der Waals surface area contributed by atoms with E-state index in [9.17, 15) is 24.3 Å². The zero-order valence-electron chi connectivity index (χ0n) is 36.0. The monoisotopic (exact) mass is 896 g/mol. The van der Waals surface area contributed by atoms with Gasteiger partial charge in [0.05, 0.1) is 17.6 Å². The molecule has 324 valence electrons. The van der Waals surface area contributed by atoms with Crippen LogP contribution in [0.25, 0.3) is 27.2 Å². The second-order valence-electron chi connectivity index (χ2n) is 17.9. The summed E-state index contributed by atoms with van der Waals surface area (Å²) in [6.07, 6.45) is 5.31. The Morgan fingerprint density at radius 3 is 2.59 bits per heavy atom. The molecule has 4 aliphatic heterocycles. The molecule has 5 aliphatic rings. The molecule has 0 unspecified atom stereocenters. The molecule has 9 rings (SSSR count). The third-order valence-electron chi connectivity index (χ3n) is 13.2. The lowest BCUT2D eigenvalue weighted by Gasteiger charge is -2.49. The molecule has 1 aliphatic carbocycles. The summed E-state index contributed by atoms with van der Waals surface area (Å²) in [7, 11) is 3.69. The number of H-pyrrole nitrogens is 1. The third-order valence-corrected chi connectivity index (χ3v) is 13.9. The molecule has 4 N–H and O–H groups in total. The van der Waals surface area contributed by atoms with Gasteiger partial charge in [-0.05, 0) is 112 Å². The van der Waals surface area contributed by atoms with Crippen LogP contribution in [0.15, 0.2) is 65.3 Å². The molecule has 3 saturated heterocycles. The predicted octanol–water partition coefficient (Wildman–Crippen LogP) is 5.72. The molecular weight excluding hydrogens is 840 g/mol. The summed E-state index contributed by atoms with van der Waals surface area (Å²) >= 11 is 3.70. The molecule has 14 heteroatoms. The second-order valence-corrected chi connectivity index (χ2v) is 18.7. The molecule has 5 heterocycles. The standard InChI is InChI=1S/C32H40BrN5O5.C15H17NO2/c1-16(2)12-24-29(40)37-11-7-10-25(37)32(42)38(24)30(41)31(43-32,17(3)4)35-28(39)18-13-20-19-8-6-9-22-26(19)21(27(33)34-22)14-23(20)36(5)15-18;1-11(17)16-9-8-13-5-3-4-12-6-7-14(18-2)10-15(12)13/h6,8-9,13,16-18,23-25,34,42H,7,10-12,14-15H2,1-5H3,(H,35,39);3-7,10H,8-9H2,1-2H3,(H,16,17)/t18-,23-,24+,25+,31-,32+;/m1./s1. The highest BCUT2D eigenvalue weighted by Gasteiger charge is 2.72. The van der Waals surface area contributed by atoms with Crippen molar-refractivity contribution >= 4 is 66.8 Å². The summed E-state index contributed by atoms with van der Waals surface area (Å²) in [6.45, 7) is 10.8. The molecule has 0 radical (unpaired) electrons. The maximum absolute atomic E-state index is 14.4. The first-order valence-electron chi connectivity index (χ1n) is 21.5. The highest BCUT2D eigenvalue weighted by atomic mass is 79.9. The molecule has 13 nitrogen and oxygen atoms in total. The summed E-state index contributed by atoms with van der Waals surface area (Å²) in [5, 5.41) is 21.5. The predicted molar refractivity (Wildman–Crippen MR) is 237 cm³/mol. The largest absolute Gasteiger partial charge is 0.497 e. The number of nitrogens with one attached hydrogen (secondary N) is 3. The summed E-state index contributed by atoms with van der Waals surface area (Å²) in [5.41, 5.74) is 3.90. The van der Waals surface area contributed by atoms with E-state index in [0.29, 0.717) is 32.5 Å². The average Bonchev–Trinajstić information content (AvgIpc) is 3.91. The summed E-state index contributed by atoms with van der Waals surface area (Å²) in [5.74, 6) is -3.15. The van der Waals surface area contributed by atoms with Crippen LogP contribution < -0.4 is 15.4 Å². The van der Waals surface area contributed by atoms with Gasteiger partial charge in [0.25, 0.3) is 11.8 Å². The summed E-state index contributed by atoms with van der Waals surface area (Å²) < 4.78 is 12.7. The van der Waals surface area contributed by atoms with Gasteiger partial charge in [-0.15, -0.1) is 0 Å². The van der Waals surface area contributed by atoms with E-state index in [1.54, 1.807) is 25.9 Å². The third kappa shape index (κ3) is 7.42. The first-order valence-corrected chi connectivity index (χ1v) is 22.3. The molecule has 1 aromatic heterocycles. The van der Waals surface area contributed by atoms with Crippen molar-refractivity contribution in [3.05, 3.63) is 82.0 Å². The van der Waals surface area contributed by atoms with E-state index in [-0.39, 0.29) is 29.7 Å². The lowest BCUT2D eigenvalue weighted by molar-refractivity contribution is -0.322. The number of benzene rings is 3. The number of nitrogens with zero attached hydrogens (tertiary/aromatic N) is 3. The van der Waals surface area contributed by atoms with Gasteiger partial charge in [0.15, 0.2) is 0 Å². The second kappa shape index (κ2) is 16.5. The Balaban J connectivity index is 0.000000239. The van der Waals surface area contributed by atoms with Crippen LogP contribution in [-0.4, -0.2) is 112 Å². The van der Waals surface area contributed by atoms with Crippen molar-refractivity contribution < 1.29 is 33.8 Å². The maximum atomic E-state index is 14.4. The number of carbonyl (C=O) groups excluding carboxylic acids is 4. The number of aromatic amines is 1. The quantitative estimate of drug-likeness (QED) is 0.166. The molecule has 6 atom stereocenters. The van der Waals surface area contributed by atoms with Crippen LogP contribution in [0.2, 0.25) is 0 Å². The highest BCUT2D eigenvalue weighted by molar-refractivity contribution is 9.10. The fraction of sp³-hybridized carbons (Fsp3) is 0.489. The van der Waals surface area contributed by atoms with Crippen molar-refractivity contribution in [2.75, 3.05) is 33.8 Å². The number of rotatable bonds is 9. The van der Waals surface area contributed by atoms with Gasteiger partial charge >= 0.3 is 0 Å². The average molecular weight is 898 g/mol. The number of ether oxygens (including phenoxy) is 2. The van der Waals surface area contributed by atoms with E-state index in [2.05, 4.69) is 66.8 Å². The fourth-order valence-corrected chi connectivity index (χ4v) is 10.8. The number of hydrogen-bond acceptors (Lipinski definition) is 8. The number of hydrogen-bond donors (Lipinski definition) is 4. The first-order chi connectivity index (χ1) is 29.1. The van der Waals surface area contributed by atoms with Gasteiger partial charge in [-0.3, -0.25) is 33.7 Å². The number of carbonyl (C=O) groups is 4. The minimum absolute atomic E-state index is 0.00724. The number of aliphatic hydroxyl groups is 1. The molecule has 0 spiro atoms. The van der Waals surface area contributed by atoms with E-state index in [4.69, 9.17) is 9.47 Å². The zero-order valence-corrected chi connectivity index (χ0v) is 37.6. The van der Waals surface area contributed by atoms with E-state index in [1.807, 2.05) is 51.2 Å². The van der Waals surface area contributed by atoms with Gasteiger partial charge in [-0.1, -0.05) is 70.2 Å². The van der Waals surface area contributed by atoms with E-state index in [0.717, 1.165) is 46.3 Å². The normalized spacial score (nSPS) is 26.8. The van der Waals surface area contributed by atoms with Gasteiger partial charge in [-0.2, -0.15) is 0 Å². The molecule has 0 saturated carbocycles. The number of aromatic nitrogens is 1. The summed E-state index contributed by atoms with van der Waals surface area (Å²) in [4.78, 5) is 61.7. The van der Waals surface area contributed by atoms with Crippen LogP contribution in [-0.2, 0) is 36.8 Å². The topological polar surface area (TPSA) is 157 Å². The minimum atomic E-state index is -2.01. The number of fused-ring (bicyclic) bond motifs is 6. The molecular formula is C47H57BrN6O7. The van der Waals surface area contributed by atoms with Gasteiger partial charge < -0.3 is 30.4 Å². The Hall–Kier alpha value is -4.76. The van der Waals surface area contributed by atoms with Crippen molar-refractivity contribution in [3.63, 3.8) is 0 Å². The van der Waals surface area contributed by atoms with E-state index >= 15 is 0 Å². The van der Waals surface area contributed by atoms with Crippen molar-refractivity contribution in [2.24, 2.45) is 17.8 Å². The summed E-state index contributed by atoms with van der Waals surface area (Å²) in [6, 6.07) is 17.0. The Morgan fingerprint density at radius 2 is 1.87 bits per heavy atom. The number of likely N-dealkylation sites (N-methyl/N-ethyl adjacent to an activating group) is 1. The Labute approximate surface area is 365 Å². The van der Waals surface area contributed by atoms with Crippen molar-refractivity contribution in [2.45, 2.75) is 96.5 Å². The Kier molecular flexibility index (Phi) is 11.6. The maximum Gasteiger partial charge on any atom is 0.281 e. The van der Waals surface area contributed by atoms with Gasteiger partial charge in [0.1, 0.15) is 17.8 Å². The van der Waals surface area contributed by atoms with Crippen LogP contribution in [0.5, 0.6) is 5.75 Å². The smallest absolute Gasteiger partial charge is 0.281 e. The number of methoxy groups -OCH3 is 1. The van der Waals surface area contributed by atoms with Crippen molar-refractivity contribution in [3.8, 4) is 5.75 Å². The van der Waals surface area contributed by atoms with E-state index in [1.165, 1.54) is 39.1 Å². The minimum Gasteiger partial charge on any atom is -0.497 e. The molecule has 4 aromatic rings. The fourth-order valence-electron chi connectivity index (χ4n) is 10.2. The van der Waals surface area contributed by atoms with Crippen LogP contribution in [0, 0.1) is 17.8 Å². The number of amides is 4. The van der Waals surface area contributed by atoms with Gasteiger partial charge in [0.2, 0.25) is 23.4 Å². The Bertz CT molecular complexity index is 2430. The molecule has 3 aromatic carbocycles.